The molecule has 1 unspecified atom stereocenters. The highest BCUT2D eigenvalue weighted by Crippen LogP contribution is 2.32. The molecule has 2 rings (SSSR count). The molecule has 7 heteroatoms. The normalized spacial score (nSPS) is 13.6. The molecule has 114 valence electrons. The number of halogens is 1. The molecule has 1 aromatic heterocycles. The number of sulfonamides is 1. The fourth-order valence-corrected chi connectivity index (χ4v) is 4.47. The molecule has 2 aromatic rings. The third-order valence-corrected chi connectivity index (χ3v) is 6.55. The molecule has 21 heavy (non-hydrogen) atoms. The van der Waals surface area contributed by atoms with Gasteiger partial charge in [-0.25, -0.2) is 12.8 Å². The molecular formula is C14H17FN2O2S2. The first-order valence-electron chi connectivity index (χ1n) is 6.33. The van der Waals surface area contributed by atoms with Crippen molar-refractivity contribution >= 4 is 27.0 Å². The maximum Gasteiger partial charge on any atom is 0.245 e. The van der Waals surface area contributed by atoms with Gasteiger partial charge in [-0.3, -0.25) is 0 Å². The fourth-order valence-electron chi connectivity index (χ4n) is 1.96. The number of anilines is 1. The molecule has 2 N–H and O–H groups in total. The van der Waals surface area contributed by atoms with Crippen molar-refractivity contribution in [3.05, 3.63) is 45.9 Å². The Hall–Kier alpha value is -1.44. The topological polar surface area (TPSA) is 63.4 Å². The standard InChI is InChI=1S/C14H17FN2O2S2/c1-9-7-8-12(20-9)10(2)17(3)21(18,19)13-6-4-5-11(15)14(13)16/h4-8,10H,16H2,1-3H3. The minimum atomic E-state index is -3.86. The Morgan fingerprint density at radius 2 is 1.95 bits per heavy atom. The van der Waals surface area contributed by atoms with Crippen LogP contribution in [0.5, 0.6) is 0 Å². The van der Waals surface area contributed by atoms with Crippen molar-refractivity contribution in [3.8, 4) is 0 Å². The van der Waals surface area contributed by atoms with Crippen LogP contribution in [0.1, 0.15) is 22.7 Å². The maximum atomic E-state index is 13.5. The molecule has 0 aliphatic rings. The van der Waals surface area contributed by atoms with E-state index in [4.69, 9.17) is 5.73 Å². The molecule has 1 atom stereocenters. The summed E-state index contributed by atoms with van der Waals surface area (Å²) in [6.07, 6.45) is 0. The van der Waals surface area contributed by atoms with Crippen molar-refractivity contribution < 1.29 is 12.8 Å². The second kappa shape index (κ2) is 5.75. The second-order valence-electron chi connectivity index (χ2n) is 4.80. The fraction of sp³-hybridized carbons (Fsp3) is 0.286. The lowest BCUT2D eigenvalue weighted by Crippen LogP contribution is -2.30. The predicted molar refractivity (Wildman–Crippen MR) is 83.2 cm³/mol. The Labute approximate surface area is 128 Å². The van der Waals surface area contributed by atoms with Crippen LogP contribution in [-0.4, -0.2) is 19.8 Å². The molecule has 0 bridgehead atoms. The summed E-state index contributed by atoms with van der Waals surface area (Å²) < 4.78 is 39.9. The van der Waals surface area contributed by atoms with Crippen LogP contribution in [0.25, 0.3) is 0 Å². The average Bonchev–Trinajstić information content (AvgIpc) is 2.86. The van der Waals surface area contributed by atoms with Crippen LogP contribution >= 0.6 is 11.3 Å². The van der Waals surface area contributed by atoms with Crippen molar-refractivity contribution in [1.29, 1.82) is 0 Å². The summed E-state index contributed by atoms with van der Waals surface area (Å²) in [5.41, 5.74) is 5.22. The van der Waals surface area contributed by atoms with Gasteiger partial charge in [-0.15, -0.1) is 11.3 Å². The molecule has 0 radical (unpaired) electrons. The Balaban J connectivity index is 2.41. The third kappa shape index (κ3) is 2.95. The number of para-hydroxylation sites is 1. The molecule has 1 heterocycles. The molecule has 0 aliphatic carbocycles. The van der Waals surface area contributed by atoms with Gasteiger partial charge in [0.25, 0.3) is 0 Å². The van der Waals surface area contributed by atoms with E-state index in [9.17, 15) is 12.8 Å². The minimum Gasteiger partial charge on any atom is -0.395 e. The molecule has 0 aliphatic heterocycles. The lowest BCUT2D eigenvalue weighted by molar-refractivity contribution is 0.403. The van der Waals surface area contributed by atoms with Crippen LogP contribution in [-0.2, 0) is 10.0 Å². The zero-order chi connectivity index (χ0) is 15.8. The van der Waals surface area contributed by atoms with Gasteiger partial charge in [0, 0.05) is 16.8 Å². The number of rotatable bonds is 4. The molecule has 0 fully saturated rings. The van der Waals surface area contributed by atoms with Gasteiger partial charge >= 0.3 is 0 Å². The molecule has 0 saturated heterocycles. The van der Waals surface area contributed by atoms with Gasteiger partial charge in [-0.05, 0) is 38.1 Å². The first kappa shape index (κ1) is 15.9. The lowest BCUT2D eigenvalue weighted by atomic mass is 10.3. The van der Waals surface area contributed by atoms with Crippen molar-refractivity contribution in [2.75, 3.05) is 12.8 Å². The van der Waals surface area contributed by atoms with Crippen molar-refractivity contribution in [1.82, 2.24) is 4.31 Å². The van der Waals surface area contributed by atoms with Crippen LogP contribution in [0, 0.1) is 12.7 Å². The van der Waals surface area contributed by atoms with E-state index in [1.54, 1.807) is 6.92 Å². The molecular weight excluding hydrogens is 311 g/mol. The van der Waals surface area contributed by atoms with Crippen LogP contribution in [0.15, 0.2) is 35.2 Å². The van der Waals surface area contributed by atoms with Gasteiger partial charge in [0.15, 0.2) is 0 Å². The number of nitrogens with two attached hydrogens (primary N) is 1. The Bertz CT molecular complexity index is 756. The Morgan fingerprint density at radius 3 is 2.52 bits per heavy atom. The maximum absolute atomic E-state index is 13.5. The highest BCUT2D eigenvalue weighted by atomic mass is 32.2. The summed E-state index contributed by atoms with van der Waals surface area (Å²) in [6.45, 7) is 3.75. The van der Waals surface area contributed by atoms with Gasteiger partial charge in [-0.1, -0.05) is 6.07 Å². The van der Waals surface area contributed by atoms with E-state index < -0.39 is 15.8 Å². The van der Waals surface area contributed by atoms with Crippen molar-refractivity contribution in [2.24, 2.45) is 0 Å². The summed E-state index contributed by atoms with van der Waals surface area (Å²) in [6, 6.07) is 7.28. The second-order valence-corrected chi connectivity index (χ2v) is 8.08. The van der Waals surface area contributed by atoms with Gasteiger partial charge in [-0.2, -0.15) is 4.31 Å². The van der Waals surface area contributed by atoms with Crippen LogP contribution < -0.4 is 5.73 Å². The van der Waals surface area contributed by atoms with Crippen LogP contribution in [0.2, 0.25) is 0 Å². The summed E-state index contributed by atoms with van der Waals surface area (Å²) >= 11 is 1.53. The highest BCUT2D eigenvalue weighted by Gasteiger charge is 2.29. The average molecular weight is 328 g/mol. The molecule has 4 nitrogen and oxygen atoms in total. The number of hydrogen-bond acceptors (Lipinski definition) is 4. The van der Waals surface area contributed by atoms with Crippen LogP contribution in [0.3, 0.4) is 0 Å². The van der Waals surface area contributed by atoms with Crippen molar-refractivity contribution in [2.45, 2.75) is 24.8 Å². The van der Waals surface area contributed by atoms with Gasteiger partial charge in [0.05, 0.1) is 11.7 Å². The number of nitrogen functional groups attached to an aromatic ring is 1. The smallest absolute Gasteiger partial charge is 0.245 e. The molecule has 0 spiro atoms. The van der Waals surface area contributed by atoms with Gasteiger partial charge in [0.1, 0.15) is 10.7 Å². The van der Waals surface area contributed by atoms with E-state index in [0.717, 1.165) is 15.8 Å². The minimum absolute atomic E-state index is 0.204. The highest BCUT2D eigenvalue weighted by molar-refractivity contribution is 7.89. The number of hydrogen-bond donors (Lipinski definition) is 1. The van der Waals surface area contributed by atoms with Gasteiger partial charge < -0.3 is 5.73 Å². The van der Waals surface area contributed by atoms with E-state index in [-0.39, 0.29) is 16.6 Å². The van der Waals surface area contributed by atoms with E-state index in [2.05, 4.69) is 0 Å². The first-order chi connectivity index (χ1) is 9.75. The SMILES string of the molecule is Cc1ccc(C(C)N(C)S(=O)(=O)c2cccc(F)c2N)s1. The quantitative estimate of drug-likeness (QED) is 0.877. The number of aryl methyl sites for hydroxylation is 1. The van der Waals surface area contributed by atoms with E-state index in [1.165, 1.54) is 34.8 Å². The Morgan fingerprint density at radius 1 is 1.29 bits per heavy atom. The number of thiophene rings is 1. The Kier molecular flexibility index (Phi) is 4.36. The van der Waals surface area contributed by atoms with E-state index in [1.807, 2.05) is 19.1 Å². The predicted octanol–water partition coefficient (Wildman–Crippen LogP) is 3.16. The summed E-state index contributed by atoms with van der Waals surface area (Å²) in [5, 5.41) is 0. The van der Waals surface area contributed by atoms with E-state index in [0.29, 0.717) is 0 Å². The summed E-state index contributed by atoms with van der Waals surface area (Å²) in [5.74, 6) is -0.732. The van der Waals surface area contributed by atoms with Crippen molar-refractivity contribution in [3.63, 3.8) is 0 Å². The zero-order valence-corrected chi connectivity index (χ0v) is 13.6. The van der Waals surface area contributed by atoms with Gasteiger partial charge in [0.2, 0.25) is 10.0 Å². The zero-order valence-electron chi connectivity index (χ0n) is 12.0. The first-order valence-corrected chi connectivity index (χ1v) is 8.59. The summed E-state index contributed by atoms with van der Waals surface area (Å²) in [7, 11) is -2.38. The molecule has 1 aromatic carbocycles. The monoisotopic (exact) mass is 328 g/mol. The van der Waals surface area contributed by atoms with E-state index >= 15 is 0 Å². The number of benzene rings is 1. The molecule has 0 saturated carbocycles. The number of nitrogens with zero attached hydrogens (tertiary/aromatic N) is 1. The summed E-state index contributed by atoms with van der Waals surface area (Å²) in [4.78, 5) is 1.83. The third-order valence-electron chi connectivity index (χ3n) is 3.39. The lowest BCUT2D eigenvalue weighted by Gasteiger charge is -2.24. The molecule has 0 amide bonds. The van der Waals surface area contributed by atoms with Crippen LogP contribution in [0.4, 0.5) is 10.1 Å². The largest absolute Gasteiger partial charge is 0.395 e.